The molecule has 0 saturated heterocycles. The van der Waals surface area contributed by atoms with Gasteiger partial charge in [-0.3, -0.25) is 0 Å². The summed E-state index contributed by atoms with van der Waals surface area (Å²) in [4.78, 5) is 4.42. The number of nitrogens with one attached hydrogen (secondary N) is 1. The summed E-state index contributed by atoms with van der Waals surface area (Å²) in [6.45, 7) is 2.67. The molecule has 1 aliphatic rings. The monoisotopic (exact) mass is 283 g/mol. The lowest BCUT2D eigenvalue weighted by Gasteiger charge is -2.23. The molecular weight excluding hydrogens is 262 g/mol. The maximum absolute atomic E-state index is 12.5. The van der Waals surface area contributed by atoms with Gasteiger partial charge in [-0.05, 0) is 25.8 Å². The van der Waals surface area contributed by atoms with Crippen LogP contribution >= 0.6 is 0 Å². The van der Waals surface area contributed by atoms with Crippen molar-refractivity contribution in [1.29, 1.82) is 0 Å². The number of aromatic nitrogens is 1. The predicted octanol–water partition coefficient (Wildman–Crippen LogP) is 2.08. The van der Waals surface area contributed by atoms with Gasteiger partial charge in [0, 0.05) is 31.9 Å². The summed E-state index contributed by atoms with van der Waals surface area (Å²) in [6.07, 6.45) is 5.68. The van der Waals surface area contributed by atoms with Crippen molar-refractivity contribution in [2.24, 2.45) is 0 Å². The van der Waals surface area contributed by atoms with Gasteiger partial charge in [0.25, 0.3) is 0 Å². The number of rotatable bonds is 5. The van der Waals surface area contributed by atoms with E-state index in [9.17, 15) is 8.42 Å². The Morgan fingerprint density at radius 2 is 2.11 bits per heavy atom. The van der Waals surface area contributed by atoms with Crippen molar-refractivity contribution < 1.29 is 8.42 Å². The molecule has 0 unspecified atom stereocenters. The van der Waals surface area contributed by atoms with Crippen LogP contribution in [0.3, 0.4) is 0 Å². The Kier molecular flexibility index (Phi) is 4.42. The maximum Gasteiger partial charge on any atom is 0.243 e. The molecule has 0 spiro atoms. The molecule has 1 aromatic heterocycles. The van der Waals surface area contributed by atoms with Gasteiger partial charge >= 0.3 is 0 Å². The first kappa shape index (κ1) is 14.3. The average molecular weight is 283 g/mol. The van der Waals surface area contributed by atoms with Gasteiger partial charge in [-0.1, -0.05) is 12.8 Å². The Bertz CT molecular complexity index is 524. The minimum absolute atomic E-state index is 0.140. The summed E-state index contributed by atoms with van der Waals surface area (Å²) in [7, 11) is -1.73. The quantitative estimate of drug-likeness (QED) is 0.898. The summed E-state index contributed by atoms with van der Waals surface area (Å²) in [6, 6.07) is 3.30. The van der Waals surface area contributed by atoms with Crippen LogP contribution in [0.2, 0.25) is 0 Å². The highest BCUT2D eigenvalue weighted by atomic mass is 32.2. The number of hydrogen-bond acceptors (Lipinski definition) is 4. The van der Waals surface area contributed by atoms with Gasteiger partial charge in [0.15, 0.2) is 0 Å². The van der Waals surface area contributed by atoms with E-state index in [4.69, 9.17) is 0 Å². The normalized spacial score (nSPS) is 17.0. The highest BCUT2D eigenvalue weighted by molar-refractivity contribution is 7.89. The largest absolute Gasteiger partial charge is 0.370 e. The van der Waals surface area contributed by atoms with Gasteiger partial charge in [-0.2, -0.15) is 4.31 Å². The second-order valence-electron chi connectivity index (χ2n) is 4.87. The van der Waals surface area contributed by atoms with Crippen LogP contribution in [0.5, 0.6) is 0 Å². The number of sulfonamides is 1. The van der Waals surface area contributed by atoms with E-state index in [1.165, 1.54) is 10.5 Å². The van der Waals surface area contributed by atoms with Crippen LogP contribution < -0.4 is 5.32 Å². The van der Waals surface area contributed by atoms with Gasteiger partial charge in [-0.15, -0.1) is 0 Å². The fourth-order valence-corrected chi connectivity index (χ4v) is 3.91. The van der Waals surface area contributed by atoms with Gasteiger partial charge in [0.2, 0.25) is 10.0 Å². The maximum atomic E-state index is 12.5. The summed E-state index contributed by atoms with van der Waals surface area (Å²) in [5.41, 5.74) is 0. The zero-order valence-corrected chi connectivity index (χ0v) is 12.3. The molecule has 1 saturated carbocycles. The molecule has 0 aliphatic heterocycles. The van der Waals surface area contributed by atoms with E-state index >= 15 is 0 Å². The first-order valence-corrected chi connectivity index (χ1v) is 8.17. The molecule has 1 aliphatic carbocycles. The van der Waals surface area contributed by atoms with E-state index in [1.807, 2.05) is 6.92 Å². The highest BCUT2D eigenvalue weighted by Gasteiger charge is 2.30. The summed E-state index contributed by atoms with van der Waals surface area (Å²) in [5, 5.41) is 3.03. The molecule has 0 aromatic carbocycles. The summed E-state index contributed by atoms with van der Waals surface area (Å²) in [5.74, 6) is 0.600. The van der Waals surface area contributed by atoms with Crippen molar-refractivity contribution in [2.75, 3.05) is 18.9 Å². The number of hydrogen-bond donors (Lipinski definition) is 1. The minimum Gasteiger partial charge on any atom is -0.370 e. The van der Waals surface area contributed by atoms with Gasteiger partial charge < -0.3 is 5.32 Å². The van der Waals surface area contributed by atoms with Crippen molar-refractivity contribution in [1.82, 2.24) is 9.29 Å². The number of pyridine rings is 1. The third-order valence-corrected chi connectivity index (χ3v) is 5.51. The zero-order valence-electron chi connectivity index (χ0n) is 11.5. The van der Waals surface area contributed by atoms with Crippen molar-refractivity contribution in [3.8, 4) is 0 Å². The first-order chi connectivity index (χ1) is 9.05. The molecule has 1 aromatic rings. The lowest BCUT2D eigenvalue weighted by molar-refractivity contribution is 0.373. The first-order valence-electron chi connectivity index (χ1n) is 6.73. The van der Waals surface area contributed by atoms with Crippen LogP contribution in [-0.2, 0) is 10.0 Å². The average Bonchev–Trinajstić information content (AvgIpc) is 2.92. The molecule has 0 bridgehead atoms. The van der Waals surface area contributed by atoms with E-state index in [2.05, 4.69) is 10.3 Å². The Balaban J connectivity index is 2.25. The second-order valence-corrected chi connectivity index (χ2v) is 6.86. The molecule has 2 rings (SSSR count). The van der Waals surface area contributed by atoms with Crippen LogP contribution in [0, 0.1) is 0 Å². The Morgan fingerprint density at radius 1 is 1.42 bits per heavy atom. The molecule has 1 heterocycles. The van der Waals surface area contributed by atoms with E-state index in [-0.39, 0.29) is 6.04 Å². The van der Waals surface area contributed by atoms with Gasteiger partial charge in [0.05, 0.1) is 4.90 Å². The third kappa shape index (κ3) is 3.06. The Hall–Kier alpha value is -1.14. The third-order valence-electron chi connectivity index (χ3n) is 3.61. The van der Waals surface area contributed by atoms with Crippen LogP contribution in [0.1, 0.15) is 32.6 Å². The van der Waals surface area contributed by atoms with E-state index in [1.54, 1.807) is 19.2 Å². The fraction of sp³-hybridized carbons (Fsp3) is 0.615. The standard InChI is InChI=1S/C13H21N3O2S/c1-3-14-13-10-12(8-9-15-13)19(17,18)16(2)11-6-4-5-7-11/h8-11H,3-7H2,1-2H3,(H,14,15). The Morgan fingerprint density at radius 3 is 2.74 bits per heavy atom. The summed E-state index contributed by atoms with van der Waals surface area (Å²) < 4.78 is 26.6. The zero-order chi connectivity index (χ0) is 13.9. The molecule has 106 valence electrons. The van der Waals surface area contributed by atoms with Crippen LogP contribution in [0.25, 0.3) is 0 Å². The molecule has 0 atom stereocenters. The minimum atomic E-state index is -3.41. The second kappa shape index (κ2) is 5.88. The van der Waals surface area contributed by atoms with Crippen LogP contribution in [0.15, 0.2) is 23.2 Å². The Labute approximate surface area is 115 Å². The van der Waals surface area contributed by atoms with E-state index in [0.717, 1.165) is 32.2 Å². The lowest BCUT2D eigenvalue weighted by Crippen LogP contribution is -2.35. The van der Waals surface area contributed by atoms with Crippen LogP contribution in [0.4, 0.5) is 5.82 Å². The van der Waals surface area contributed by atoms with Crippen molar-refractivity contribution >= 4 is 15.8 Å². The fourth-order valence-electron chi connectivity index (χ4n) is 2.48. The topological polar surface area (TPSA) is 62.3 Å². The molecule has 19 heavy (non-hydrogen) atoms. The predicted molar refractivity (Wildman–Crippen MR) is 75.6 cm³/mol. The molecule has 1 fully saturated rings. The van der Waals surface area contributed by atoms with E-state index in [0.29, 0.717) is 10.7 Å². The van der Waals surface area contributed by atoms with Crippen molar-refractivity contribution in [3.05, 3.63) is 18.3 Å². The molecular formula is C13H21N3O2S. The number of nitrogens with zero attached hydrogens (tertiary/aromatic N) is 2. The molecule has 1 N–H and O–H groups in total. The van der Waals surface area contributed by atoms with Gasteiger partial charge in [0.1, 0.15) is 5.82 Å². The van der Waals surface area contributed by atoms with Crippen LogP contribution in [-0.4, -0.2) is 37.3 Å². The SMILES string of the molecule is CCNc1cc(S(=O)(=O)N(C)C2CCCC2)ccn1. The molecule has 6 heteroatoms. The summed E-state index contributed by atoms with van der Waals surface area (Å²) >= 11 is 0. The van der Waals surface area contributed by atoms with Crippen molar-refractivity contribution in [3.63, 3.8) is 0 Å². The molecule has 5 nitrogen and oxygen atoms in total. The van der Waals surface area contributed by atoms with E-state index < -0.39 is 10.0 Å². The van der Waals surface area contributed by atoms with Gasteiger partial charge in [-0.25, -0.2) is 13.4 Å². The number of anilines is 1. The highest BCUT2D eigenvalue weighted by Crippen LogP contribution is 2.27. The van der Waals surface area contributed by atoms with Crippen molar-refractivity contribution in [2.45, 2.75) is 43.5 Å². The smallest absolute Gasteiger partial charge is 0.243 e. The molecule has 0 amide bonds. The molecule has 0 radical (unpaired) electrons. The lowest BCUT2D eigenvalue weighted by atomic mass is 10.3.